The van der Waals surface area contributed by atoms with Gasteiger partial charge >= 0.3 is 0 Å². The molecule has 1 heterocycles. The number of phenols is 1. The number of benzene rings is 2. The van der Waals surface area contributed by atoms with Crippen LogP contribution < -0.4 is 5.32 Å². The Balaban J connectivity index is 1.70. The minimum atomic E-state index is 0.229. The average molecular weight is 264 g/mol. The van der Waals surface area contributed by atoms with E-state index in [1.807, 2.05) is 42.5 Å². The zero-order chi connectivity index (χ0) is 13.8. The molecule has 0 amide bonds. The molecule has 0 aliphatic heterocycles. The van der Waals surface area contributed by atoms with Crippen LogP contribution in [0, 0.1) is 0 Å². The number of hydrogen-bond acceptors (Lipinski definition) is 3. The van der Waals surface area contributed by atoms with Crippen LogP contribution in [0.25, 0.3) is 10.9 Å². The Morgan fingerprint density at radius 3 is 2.55 bits per heavy atom. The third-order valence-corrected chi connectivity index (χ3v) is 3.23. The number of rotatable bonds is 4. The molecule has 0 saturated carbocycles. The summed E-state index contributed by atoms with van der Waals surface area (Å²) in [6.45, 7) is 1.49. The first kappa shape index (κ1) is 12.6. The largest absolute Gasteiger partial charge is 0.506 e. The van der Waals surface area contributed by atoms with E-state index in [1.54, 1.807) is 6.07 Å². The smallest absolute Gasteiger partial charge is 0.141 e. The molecule has 0 bridgehead atoms. The zero-order valence-electron chi connectivity index (χ0n) is 11.1. The summed E-state index contributed by atoms with van der Waals surface area (Å²) in [5.41, 5.74) is 2.83. The van der Waals surface area contributed by atoms with E-state index in [2.05, 4.69) is 22.4 Å². The molecule has 0 spiro atoms. The normalized spacial score (nSPS) is 10.8. The van der Waals surface area contributed by atoms with Crippen molar-refractivity contribution in [2.24, 2.45) is 0 Å². The second-order valence-corrected chi connectivity index (χ2v) is 4.74. The van der Waals surface area contributed by atoms with E-state index >= 15 is 0 Å². The molecular weight excluding hydrogens is 248 g/mol. The standard InChI is InChI=1S/C17H16N2O/c20-16-8-4-7-14-9-10-15(19-17(14)16)12-18-11-13-5-2-1-3-6-13/h1-10,18,20H,11-12H2. The van der Waals surface area contributed by atoms with Crippen LogP contribution in [0.5, 0.6) is 5.75 Å². The molecule has 0 unspecified atom stereocenters. The van der Waals surface area contributed by atoms with Gasteiger partial charge in [-0.25, -0.2) is 4.98 Å². The first-order valence-corrected chi connectivity index (χ1v) is 6.65. The van der Waals surface area contributed by atoms with Gasteiger partial charge in [-0.3, -0.25) is 0 Å². The van der Waals surface area contributed by atoms with Crippen molar-refractivity contribution >= 4 is 10.9 Å². The van der Waals surface area contributed by atoms with Gasteiger partial charge in [0.25, 0.3) is 0 Å². The van der Waals surface area contributed by atoms with E-state index in [-0.39, 0.29) is 5.75 Å². The second kappa shape index (κ2) is 5.72. The van der Waals surface area contributed by atoms with Crippen molar-refractivity contribution in [3.8, 4) is 5.75 Å². The first-order valence-electron chi connectivity index (χ1n) is 6.65. The molecule has 100 valence electrons. The van der Waals surface area contributed by atoms with Gasteiger partial charge in [-0.1, -0.05) is 48.5 Å². The van der Waals surface area contributed by atoms with Gasteiger partial charge in [0.2, 0.25) is 0 Å². The maximum atomic E-state index is 9.82. The lowest BCUT2D eigenvalue weighted by Crippen LogP contribution is -2.13. The van der Waals surface area contributed by atoms with Gasteiger partial charge in [0.15, 0.2) is 0 Å². The van der Waals surface area contributed by atoms with Gasteiger partial charge < -0.3 is 10.4 Å². The molecule has 0 radical (unpaired) electrons. The molecule has 2 aromatic carbocycles. The Bertz CT molecular complexity index is 711. The van der Waals surface area contributed by atoms with E-state index in [9.17, 15) is 5.11 Å². The number of pyridine rings is 1. The van der Waals surface area contributed by atoms with Crippen LogP contribution >= 0.6 is 0 Å². The maximum Gasteiger partial charge on any atom is 0.141 e. The minimum absolute atomic E-state index is 0.229. The van der Waals surface area contributed by atoms with Crippen molar-refractivity contribution in [3.63, 3.8) is 0 Å². The number of aromatic hydroxyl groups is 1. The summed E-state index contributed by atoms with van der Waals surface area (Å²) < 4.78 is 0. The molecule has 0 aliphatic carbocycles. The number of nitrogens with one attached hydrogen (secondary N) is 1. The summed E-state index contributed by atoms with van der Waals surface area (Å²) in [7, 11) is 0. The Morgan fingerprint density at radius 1 is 0.850 bits per heavy atom. The SMILES string of the molecule is Oc1cccc2ccc(CNCc3ccccc3)nc12. The Hall–Kier alpha value is -2.39. The van der Waals surface area contributed by atoms with Crippen LogP contribution in [0.1, 0.15) is 11.3 Å². The predicted octanol–water partition coefficient (Wildman–Crippen LogP) is 3.23. The number of para-hydroxylation sites is 1. The number of fused-ring (bicyclic) bond motifs is 1. The van der Waals surface area contributed by atoms with Crippen molar-refractivity contribution in [1.29, 1.82) is 0 Å². The molecule has 3 aromatic rings. The Morgan fingerprint density at radius 2 is 1.70 bits per heavy atom. The lowest BCUT2D eigenvalue weighted by atomic mass is 10.2. The van der Waals surface area contributed by atoms with Gasteiger partial charge in [-0.05, 0) is 17.7 Å². The lowest BCUT2D eigenvalue weighted by molar-refractivity contribution is 0.480. The fourth-order valence-corrected chi connectivity index (χ4v) is 2.20. The molecule has 1 aromatic heterocycles. The Kier molecular flexibility index (Phi) is 3.61. The third-order valence-electron chi connectivity index (χ3n) is 3.23. The molecule has 3 rings (SSSR count). The molecule has 3 heteroatoms. The average Bonchev–Trinajstić information content (AvgIpc) is 2.49. The highest BCUT2D eigenvalue weighted by Crippen LogP contribution is 2.22. The van der Waals surface area contributed by atoms with Crippen LogP contribution in [0.2, 0.25) is 0 Å². The van der Waals surface area contributed by atoms with Crippen LogP contribution in [-0.4, -0.2) is 10.1 Å². The highest BCUT2D eigenvalue weighted by atomic mass is 16.3. The number of nitrogens with zero attached hydrogens (tertiary/aromatic N) is 1. The van der Waals surface area contributed by atoms with Crippen LogP contribution in [0.4, 0.5) is 0 Å². The molecule has 2 N–H and O–H groups in total. The predicted molar refractivity (Wildman–Crippen MR) is 80.4 cm³/mol. The van der Waals surface area contributed by atoms with Gasteiger partial charge in [-0.15, -0.1) is 0 Å². The minimum Gasteiger partial charge on any atom is -0.506 e. The fourth-order valence-electron chi connectivity index (χ4n) is 2.20. The van der Waals surface area contributed by atoms with E-state index in [0.29, 0.717) is 12.1 Å². The van der Waals surface area contributed by atoms with Gasteiger partial charge in [0, 0.05) is 18.5 Å². The highest BCUT2D eigenvalue weighted by Gasteiger charge is 2.02. The van der Waals surface area contributed by atoms with Crippen molar-refractivity contribution in [2.75, 3.05) is 0 Å². The number of hydrogen-bond donors (Lipinski definition) is 2. The van der Waals surface area contributed by atoms with Gasteiger partial charge in [-0.2, -0.15) is 0 Å². The van der Waals surface area contributed by atoms with Gasteiger partial charge in [0.1, 0.15) is 11.3 Å². The van der Waals surface area contributed by atoms with Gasteiger partial charge in [0.05, 0.1) is 5.69 Å². The summed E-state index contributed by atoms with van der Waals surface area (Å²) in [6, 6.07) is 19.7. The second-order valence-electron chi connectivity index (χ2n) is 4.74. The topological polar surface area (TPSA) is 45.1 Å². The maximum absolute atomic E-state index is 9.82. The summed E-state index contributed by atoms with van der Waals surface area (Å²) in [5, 5.41) is 14.1. The molecule has 0 saturated heterocycles. The summed E-state index contributed by atoms with van der Waals surface area (Å²) in [5.74, 6) is 0.229. The fraction of sp³-hybridized carbons (Fsp3) is 0.118. The number of phenolic OH excluding ortho intramolecular Hbond substituents is 1. The quantitative estimate of drug-likeness (QED) is 0.760. The van der Waals surface area contributed by atoms with E-state index in [0.717, 1.165) is 17.6 Å². The molecule has 0 atom stereocenters. The molecule has 3 nitrogen and oxygen atoms in total. The van der Waals surface area contributed by atoms with Crippen molar-refractivity contribution in [1.82, 2.24) is 10.3 Å². The Labute approximate surface area is 117 Å². The molecule has 0 aliphatic rings. The summed E-state index contributed by atoms with van der Waals surface area (Å²) in [4.78, 5) is 4.49. The van der Waals surface area contributed by atoms with E-state index in [1.165, 1.54) is 5.56 Å². The van der Waals surface area contributed by atoms with E-state index in [4.69, 9.17) is 0 Å². The first-order chi connectivity index (χ1) is 9.83. The highest BCUT2D eigenvalue weighted by molar-refractivity contribution is 5.84. The lowest BCUT2D eigenvalue weighted by Gasteiger charge is -2.06. The zero-order valence-corrected chi connectivity index (χ0v) is 11.1. The monoisotopic (exact) mass is 264 g/mol. The van der Waals surface area contributed by atoms with E-state index < -0.39 is 0 Å². The van der Waals surface area contributed by atoms with Crippen molar-refractivity contribution in [3.05, 3.63) is 71.9 Å². The molecular formula is C17H16N2O. The number of aromatic nitrogens is 1. The van der Waals surface area contributed by atoms with Crippen LogP contribution in [0.3, 0.4) is 0 Å². The molecule has 20 heavy (non-hydrogen) atoms. The van der Waals surface area contributed by atoms with Crippen LogP contribution in [-0.2, 0) is 13.1 Å². The van der Waals surface area contributed by atoms with Crippen LogP contribution in [0.15, 0.2) is 60.7 Å². The molecule has 0 fully saturated rings. The summed E-state index contributed by atoms with van der Waals surface area (Å²) >= 11 is 0. The third kappa shape index (κ3) is 2.78. The summed E-state index contributed by atoms with van der Waals surface area (Å²) in [6.07, 6.45) is 0. The van der Waals surface area contributed by atoms with Crippen molar-refractivity contribution < 1.29 is 5.11 Å². The van der Waals surface area contributed by atoms with Crippen molar-refractivity contribution in [2.45, 2.75) is 13.1 Å².